The highest BCUT2D eigenvalue weighted by Gasteiger charge is 2.36. The van der Waals surface area contributed by atoms with Crippen molar-refractivity contribution in [3.8, 4) is 23.0 Å². The number of fused-ring (bicyclic) bond motifs is 1. The Morgan fingerprint density at radius 3 is 2.27 bits per heavy atom. The van der Waals surface area contributed by atoms with Crippen LogP contribution < -0.4 is 14.4 Å². The third kappa shape index (κ3) is 6.31. The molecule has 1 aliphatic heterocycles. The number of piperidine rings is 1. The molecule has 0 saturated carbocycles. The number of rotatable bonds is 9. The van der Waals surface area contributed by atoms with Gasteiger partial charge in [0.2, 0.25) is 17.7 Å². The first-order valence-corrected chi connectivity index (χ1v) is 14.9. The fourth-order valence-electron chi connectivity index (χ4n) is 5.82. The molecule has 0 unspecified atom stereocenters. The lowest BCUT2D eigenvalue weighted by atomic mass is 9.95. The van der Waals surface area contributed by atoms with Crippen LogP contribution in [0.4, 0.5) is 10.5 Å². The first kappa shape index (κ1) is 29.7. The number of carbonyl (C=O) groups excluding carboxylic acids is 1. The van der Waals surface area contributed by atoms with Crippen LogP contribution in [0.2, 0.25) is 0 Å². The van der Waals surface area contributed by atoms with Crippen LogP contribution >= 0.6 is 0 Å². The van der Waals surface area contributed by atoms with Gasteiger partial charge in [-0.05, 0) is 48.7 Å². The van der Waals surface area contributed by atoms with E-state index in [1.807, 2.05) is 105 Å². The van der Waals surface area contributed by atoms with Gasteiger partial charge in [0.25, 0.3) is 0 Å². The summed E-state index contributed by atoms with van der Waals surface area (Å²) in [7, 11) is 3.38. The molecule has 0 aliphatic carbocycles. The second-order valence-electron chi connectivity index (χ2n) is 11.3. The molecule has 2 aromatic heterocycles. The van der Waals surface area contributed by atoms with Crippen LogP contribution in [0.5, 0.6) is 11.8 Å². The van der Waals surface area contributed by atoms with Gasteiger partial charge in [-0.2, -0.15) is 10.1 Å². The summed E-state index contributed by atoms with van der Waals surface area (Å²) in [6.45, 7) is 2.65. The third-order valence-electron chi connectivity index (χ3n) is 8.23. The molecule has 230 valence electrons. The minimum absolute atomic E-state index is 0.111. The average molecular weight is 606 g/mol. The maximum Gasteiger partial charge on any atom is 0.407 e. The Labute approximate surface area is 261 Å². The number of anilines is 1. The Bertz CT molecular complexity index is 1830. The van der Waals surface area contributed by atoms with Crippen molar-refractivity contribution < 1.29 is 24.2 Å². The van der Waals surface area contributed by atoms with Gasteiger partial charge in [0.15, 0.2) is 0 Å². The van der Waals surface area contributed by atoms with Crippen molar-refractivity contribution in [3.63, 3.8) is 0 Å². The number of aryl methyl sites for hydroxylation is 1. The molecule has 45 heavy (non-hydrogen) atoms. The molecule has 6 rings (SSSR count). The number of ether oxygens (including phenoxy) is 2. The lowest BCUT2D eigenvalue weighted by Gasteiger charge is -2.40. The maximum atomic E-state index is 13.2. The van der Waals surface area contributed by atoms with Crippen LogP contribution in [0.25, 0.3) is 22.2 Å². The summed E-state index contributed by atoms with van der Waals surface area (Å²) in [6.07, 6.45) is -0.348. The number of pyridine rings is 1. The smallest absolute Gasteiger partial charge is 0.407 e. The van der Waals surface area contributed by atoms with E-state index in [1.54, 1.807) is 9.58 Å². The van der Waals surface area contributed by atoms with Crippen molar-refractivity contribution in [3.05, 3.63) is 102 Å². The molecule has 10 heteroatoms. The summed E-state index contributed by atoms with van der Waals surface area (Å²) < 4.78 is 14.1. The molecular formula is C35H35N5O5. The van der Waals surface area contributed by atoms with E-state index in [9.17, 15) is 14.7 Å². The zero-order chi connectivity index (χ0) is 31.5. The number of hydrogen-bond acceptors (Lipinski definition) is 6. The summed E-state index contributed by atoms with van der Waals surface area (Å²) in [6, 6.07) is 28.8. The third-order valence-corrected chi connectivity index (χ3v) is 8.23. The van der Waals surface area contributed by atoms with E-state index in [1.165, 1.54) is 11.9 Å². The van der Waals surface area contributed by atoms with E-state index in [2.05, 4.69) is 0 Å². The zero-order valence-corrected chi connectivity index (χ0v) is 25.5. The minimum atomic E-state index is -1.03. The monoisotopic (exact) mass is 605 g/mol. The minimum Gasteiger partial charge on any atom is -0.473 e. The van der Waals surface area contributed by atoms with Gasteiger partial charge in [-0.15, -0.1) is 0 Å². The van der Waals surface area contributed by atoms with Crippen LogP contribution in [0.15, 0.2) is 91.0 Å². The van der Waals surface area contributed by atoms with E-state index in [4.69, 9.17) is 19.6 Å². The summed E-state index contributed by atoms with van der Waals surface area (Å²) in [5.74, 6) is 0.736. The summed E-state index contributed by atoms with van der Waals surface area (Å²) >= 11 is 0. The van der Waals surface area contributed by atoms with E-state index < -0.39 is 6.09 Å². The van der Waals surface area contributed by atoms with Gasteiger partial charge in [0, 0.05) is 49.7 Å². The molecule has 1 N–H and O–H groups in total. The fraction of sp³-hybridized carbons (Fsp3) is 0.257. The molecule has 1 saturated heterocycles. The molecule has 1 fully saturated rings. The molecule has 3 heterocycles. The first-order valence-electron chi connectivity index (χ1n) is 14.9. The largest absolute Gasteiger partial charge is 0.473 e. The normalized spacial score (nSPS) is 16.5. The molecule has 10 nitrogen and oxygen atoms in total. The topological polar surface area (TPSA) is 110 Å². The second kappa shape index (κ2) is 12.7. The van der Waals surface area contributed by atoms with Gasteiger partial charge >= 0.3 is 6.09 Å². The Kier molecular flexibility index (Phi) is 8.37. The molecule has 0 bridgehead atoms. The molecule has 2 amide bonds. The summed E-state index contributed by atoms with van der Waals surface area (Å²) in [4.78, 5) is 32.5. The molecule has 0 radical (unpaired) electrons. The van der Waals surface area contributed by atoms with Gasteiger partial charge in [-0.3, -0.25) is 9.48 Å². The molecule has 3 aromatic carbocycles. The quantitative estimate of drug-likeness (QED) is 0.210. The standard InChI is InChI=1S/C35H35N5O5/c1-23-18-27(38(2)35(42)43)20-32(41)40(23)26-14-15-28-30(19-26)39(3)37-33(28)29-16-17-31(44-21-24-10-6-4-7-11-24)36-34(29)45-22-25-12-8-5-9-13-25/h4-17,19,23,27H,18,20-22H2,1-3H3,(H,42,43)/t23-,27-/m1/s1. The number of aromatic nitrogens is 3. The molecular weight excluding hydrogens is 570 g/mol. The molecule has 2 atom stereocenters. The first-order chi connectivity index (χ1) is 21.8. The second-order valence-corrected chi connectivity index (χ2v) is 11.3. The Morgan fingerprint density at radius 2 is 1.62 bits per heavy atom. The van der Waals surface area contributed by atoms with Crippen molar-refractivity contribution in [2.24, 2.45) is 7.05 Å². The highest BCUT2D eigenvalue weighted by molar-refractivity contribution is 6.00. The van der Waals surface area contributed by atoms with E-state index in [-0.39, 0.29) is 24.4 Å². The maximum absolute atomic E-state index is 13.2. The Balaban J connectivity index is 1.31. The van der Waals surface area contributed by atoms with E-state index in [0.717, 1.165) is 33.3 Å². The van der Waals surface area contributed by atoms with Crippen LogP contribution in [0, 0.1) is 0 Å². The average Bonchev–Trinajstić information content (AvgIpc) is 3.38. The molecule has 1 aliphatic rings. The lowest BCUT2D eigenvalue weighted by Crippen LogP contribution is -2.52. The van der Waals surface area contributed by atoms with Crippen molar-refractivity contribution in [1.82, 2.24) is 19.7 Å². The predicted molar refractivity (Wildman–Crippen MR) is 171 cm³/mol. The Hall–Kier alpha value is -5.38. The number of amides is 2. The lowest BCUT2D eigenvalue weighted by molar-refractivity contribution is -0.121. The molecule has 0 spiro atoms. The highest BCUT2D eigenvalue weighted by Crippen LogP contribution is 2.37. The number of carboxylic acid groups (broad SMARTS) is 1. The fourth-order valence-corrected chi connectivity index (χ4v) is 5.82. The number of benzene rings is 3. The van der Waals surface area contributed by atoms with Gasteiger partial charge in [-0.1, -0.05) is 60.7 Å². The van der Waals surface area contributed by atoms with Gasteiger partial charge in [0.05, 0.1) is 11.1 Å². The number of nitrogens with zero attached hydrogens (tertiary/aromatic N) is 5. The van der Waals surface area contributed by atoms with Crippen molar-refractivity contribution in [2.45, 2.75) is 45.1 Å². The zero-order valence-electron chi connectivity index (χ0n) is 25.5. The van der Waals surface area contributed by atoms with Crippen molar-refractivity contribution >= 4 is 28.6 Å². The highest BCUT2D eigenvalue weighted by atomic mass is 16.5. The number of carbonyl (C=O) groups is 2. The van der Waals surface area contributed by atoms with E-state index >= 15 is 0 Å². The van der Waals surface area contributed by atoms with Gasteiger partial charge in [-0.25, -0.2) is 4.79 Å². The Morgan fingerprint density at radius 1 is 0.956 bits per heavy atom. The predicted octanol–water partition coefficient (Wildman–Crippen LogP) is 6.29. The SMILES string of the molecule is C[C@@H]1C[C@@H](N(C)C(=O)O)CC(=O)N1c1ccc2c(-c3ccc(OCc4ccccc4)nc3OCc3ccccc3)nn(C)c2c1. The molecule has 5 aromatic rings. The van der Waals surface area contributed by atoms with Crippen molar-refractivity contribution in [1.29, 1.82) is 0 Å². The summed E-state index contributed by atoms with van der Waals surface area (Å²) in [5, 5.41) is 15.1. The van der Waals surface area contributed by atoms with Crippen molar-refractivity contribution in [2.75, 3.05) is 11.9 Å². The van der Waals surface area contributed by atoms with Crippen LogP contribution in [0.1, 0.15) is 30.9 Å². The summed E-state index contributed by atoms with van der Waals surface area (Å²) in [5.41, 5.74) is 5.05. The van der Waals surface area contributed by atoms with Crippen LogP contribution in [-0.4, -0.2) is 55.9 Å². The van der Waals surface area contributed by atoms with Crippen LogP contribution in [0.3, 0.4) is 0 Å². The van der Waals surface area contributed by atoms with Crippen LogP contribution in [-0.2, 0) is 25.1 Å². The van der Waals surface area contributed by atoms with Gasteiger partial charge < -0.3 is 24.4 Å². The van der Waals surface area contributed by atoms with Gasteiger partial charge in [0.1, 0.15) is 18.9 Å². The van der Waals surface area contributed by atoms with E-state index in [0.29, 0.717) is 37.1 Å². The number of hydrogen-bond donors (Lipinski definition) is 1.